The Morgan fingerprint density at radius 2 is 2.00 bits per heavy atom. The summed E-state index contributed by atoms with van der Waals surface area (Å²) in [5.41, 5.74) is 0.608. The summed E-state index contributed by atoms with van der Waals surface area (Å²) in [7, 11) is 0. The zero-order valence-corrected chi connectivity index (χ0v) is 17.0. The number of rotatable bonds is 5. The highest BCUT2D eigenvalue weighted by Gasteiger charge is 2.50. The molecule has 0 radical (unpaired) electrons. The lowest BCUT2D eigenvalue weighted by Crippen LogP contribution is -2.38. The van der Waals surface area contributed by atoms with Crippen molar-refractivity contribution in [3.05, 3.63) is 5.89 Å². The minimum atomic E-state index is 0.209. The molecule has 2 bridgehead atoms. The molecule has 1 saturated carbocycles. The van der Waals surface area contributed by atoms with Crippen molar-refractivity contribution in [1.82, 2.24) is 20.0 Å². The summed E-state index contributed by atoms with van der Waals surface area (Å²) >= 11 is 1.38. The molecule has 3 fully saturated rings. The highest BCUT2D eigenvalue weighted by Crippen LogP contribution is 2.52. The number of carbonyl (C=O) groups excluding carboxylic acids is 1. The van der Waals surface area contributed by atoms with Gasteiger partial charge in [-0.3, -0.25) is 9.69 Å². The molecule has 1 aliphatic carbocycles. The fourth-order valence-corrected chi connectivity index (χ4v) is 6.12. The van der Waals surface area contributed by atoms with E-state index in [1.807, 2.05) is 0 Å². The van der Waals surface area contributed by atoms with E-state index >= 15 is 0 Å². The Morgan fingerprint density at radius 3 is 2.77 bits per heavy atom. The van der Waals surface area contributed by atoms with Crippen LogP contribution >= 0.6 is 11.8 Å². The van der Waals surface area contributed by atoms with Gasteiger partial charge in [0, 0.05) is 12.6 Å². The molecule has 4 rings (SSSR count). The van der Waals surface area contributed by atoms with E-state index in [0.29, 0.717) is 28.3 Å². The van der Waals surface area contributed by atoms with Crippen LogP contribution in [0.4, 0.5) is 0 Å². The molecule has 3 heterocycles. The van der Waals surface area contributed by atoms with Gasteiger partial charge in [-0.25, -0.2) is 0 Å². The van der Waals surface area contributed by atoms with Crippen LogP contribution in [0.2, 0.25) is 0 Å². The van der Waals surface area contributed by atoms with Crippen molar-refractivity contribution < 1.29 is 9.21 Å². The normalized spacial score (nSPS) is 30.9. The Hall–Kier alpha value is -1.08. The summed E-state index contributed by atoms with van der Waals surface area (Å²) in [6.07, 6.45) is 5.96. The van der Waals surface area contributed by atoms with Crippen LogP contribution in [-0.2, 0) is 11.3 Å². The number of fused-ring (bicyclic) bond motifs is 2. The first kappa shape index (κ1) is 18.3. The highest BCUT2D eigenvalue weighted by atomic mass is 32.2. The van der Waals surface area contributed by atoms with Gasteiger partial charge < -0.3 is 9.32 Å². The van der Waals surface area contributed by atoms with Crippen molar-refractivity contribution in [2.75, 3.05) is 25.4 Å². The van der Waals surface area contributed by atoms with E-state index in [0.717, 1.165) is 39.0 Å². The SMILES string of the molecule is CC1(C)C[C@H]2C[C@](C)(CN2C(=O)CSc2nnc(CN3CCCC3)o2)C1. The van der Waals surface area contributed by atoms with Crippen LogP contribution in [0.1, 0.15) is 58.8 Å². The van der Waals surface area contributed by atoms with Gasteiger partial charge in [0.15, 0.2) is 0 Å². The van der Waals surface area contributed by atoms with Crippen molar-refractivity contribution in [3.8, 4) is 0 Å². The fraction of sp³-hybridized carbons (Fsp3) is 0.842. The molecule has 7 heteroatoms. The number of hydrogen-bond acceptors (Lipinski definition) is 6. The van der Waals surface area contributed by atoms with E-state index in [1.165, 1.54) is 31.0 Å². The van der Waals surface area contributed by atoms with Crippen LogP contribution in [0, 0.1) is 10.8 Å². The molecule has 2 aliphatic heterocycles. The molecule has 0 N–H and O–H groups in total. The third-order valence-electron chi connectivity index (χ3n) is 6.06. The Balaban J connectivity index is 1.31. The molecule has 26 heavy (non-hydrogen) atoms. The largest absolute Gasteiger partial charge is 0.415 e. The van der Waals surface area contributed by atoms with Gasteiger partial charge in [0.1, 0.15) is 0 Å². The lowest BCUT2D eigenvalue weighted by atomic mass is 9.65. The molecular weight excluding hydrogens is 348 g/mol. The van der Waals surface area contributed by atoms with E-state index in [1.54, 1.807) is 0 Å². The topological polar surface area (TPSA) is 62.5 Å². The first-order chi connectivity index (χ1) is 12.3. The Kier molecular flexibility index (Phi) is 4.80. The molecule has 3 aliphatic rings. The number of hydrogen-bond donors (Lipinski definition) is 0. The lowest BCUT2D eigenvalue weighted by Gasteiger charge is -2.39. The third kappa shape index (κ3) is 3.93. The standard InChI is InChI=1S/C19H30N4O2S/c1-18(2)8-14-9-19(3,12-18)13-23(14)16(24)11-26-17-21-20-15(25-17)10-22-6-4-5-7-22/h14H,4-13H2,1-3H3/t14-,19-/m0/s1. The molecule has 0 aromatic carbocycles. The van der Waals surface area contributed by atoms with Crippen molar-refractivity contribution in [3.63, 3.8) is 0 Å². The predicted octanol–water partition coefficient (Wildman–Crippen LogP) is 3.18. The third-order valence-corrected chi connectivity index (χ3v) is 6.86. The van der Waals surface area contributed by atoms with Crippen LogP contribution in [0.25, 0.3) is 0 Å². The van der Waals surface area contributed by atoms with Gasteiger partial charge in [-0.05, 0) is 56.0 Å². The maximum absolute atomic E-state index is 12.8. The summed E-state index contributed by atoms with van der Waals surface area (Å²) in [5.74, 6) is 1.26. The van der Waals surface area contributed by atoms with Crippen LogP contribution in [0.5, 0.6) is 0 Å². The summed E-state index contributed by atoms with van der Waals surface area (Å²) in [6.45, 7) is 10.8. The Labute approximate surface area is 160 Å². The quantitative estimate of drug-likeness (QED) is 0.733. The Morgan fingerprint density at radius 1 is 1.23 bits per heavy atom. The van der Waals surface area contributed by atoms with E-state index in [2.05, 4.69) is 40.8 Å². The van der Waals surface area contributed by atoms with Crippen molar-refractivity contribution in [1.29, 1.82) is 0 Å². The summed E-state index contributed by atoms with van der Waals surface area (Å²) in [6, 6.07) is 0.394. The molecule has 2 atom stereocenters. The molecule has 6 nitrogen and oxygen atoms in total. The van der Waals surface area contributed by atoms with Gasteiger partial charge in [-0.2, -0.15) is 0 Å². The monoisotopic (exact) mass is 378 g/mol. The second kappa shape index (κ2) is 6.82. The average molecular weight is 379 g/mol. The summed E-state index contributed by atoms with van der Waals surface area (Å²) in [4.78, 5) is 17.3. The Bertz CT molecular complexity index is 670. The predicted molar refractivity (Wildman–Crippen MR) is 101 cm³/mol. The number of likely N-dealkylation sites (tertiary alicyclic amines) is 2. The van der Waals surface area contributed by atoms with Gasteiger partial charge >= 0.3 is 0 Å². The van der Waals surface area contributed by atoms with Crippen LogP contribution in [0.15, 0.2) is 9.64 Å². The number of aromatic nitrogens is 2. The average Bonchev–Trinajstić information content (AvgIpc) is 3.25. The number of thioether (sulfide) groups is 1. The maximum Gasteiger partial charge on any atom is 0.277 e. The maximum atomic E-state index is 12.8. The number of carbonyl (C=O) groups is 1. The second-order valence-electron chi connectivity index (χ2n) is 9.47. The minimum absolute atomic E-state index is 0.209. The van der Waals surface area contributed by atoms with Crippen LogP contribution < -0.4 is 0 Å². The smallest absolute Gasteiger partial charge is 0.277 e. The van der Waals surface area contributed by atoms with E-state index in [9.17, 15) is 4.79 Å². The van der Waals surface area contributed by atoms with Gasteiger partial charge in [0.05, 0.1) is 12.3 Å². The van der Waals surface area contributed by atoms with Crippen molar-refractivity contribution in [2.45, 2.75) is 70.7 Å². The van der Waals surface area contributed by atoms with Crippen LogP contribution in [-0.4, -0.2) is 57.3 Å². The number of nitrogens with zero attached hydrogens (tertiary/aromatic N) is 4. The molecule has 2 saturated heterocycles. The van der Waals surface area contributed by atoms with E-state index in [-0.39, 0.29) is 11.3 Å². The molecule has 0 spiro atoms. The second-order valence-corrected chi connectivity index (χ2v) is 10.4. The molecule has 144 valence electrons. The zero-order valence-electron chi connectivity index (χ0n) is 16.2. The highest BCUT2D eigenvalue weighted by molar-refractivity contribution is 7.99. The molecular formula is C19H30N4O2S. The first-order valence-electron chi connectivity index (χ1n) is 9.79. The first-order valence-corrected chi connectivity index (χ1v) is 10.8. The fourth-order valence-electron chi connectivity index (χ4n) is 5.45. The molecule has 1 aromatic heterocycles. The van der Waals surface area contributed by atoms with E-state index < -0.39 is 0 Å². The van der Waals surface area contributed by atoms with Gasteiger partial charge in [0.2, 0.25) is 11.8 Å². The number of amides is 1. The lowest BCUT2D eigenvalue weighted by molar-refractivity contribution is -0.129. The summed E-state index contributed by atoms with van der Waals surface area (Å²) in [5, 5.41) is 8.76. The van der Waals surface area contributed by atoms with Gasteiger partial charge in [0.25, 0.3) is 5.22 Å². The van der Waals surface area contributed by atoms with Crippen LogP contribution in [0.3, 0.4) is 0 Å². The van der Waals surface area contributed by atoms with Crippen molar-refractivity contribution in [2.24, 2.45) is 10.8 Å². The molecule has 1 amide bonds. The molecule has 0 unspecified atom stereocenters. The molecule has 1 aromatic rings. The zero-order chi connectivity index (χ0) is 18.4. The van der Waals surface area contributed by atoms with Crippen molar-refractivity contribution >= 4 is 17.7 Å². The van der Waals surface area contributed by atoms with Gasteiger partial charge in [-0.15, -0.1) is 10.2 Å². The minimum Gasteiger partial charge on any atom is -0.415 e. The van der Waals surface area contributed by atoms with Gasteiger partial charge in [-0.1, -0.05) is 32.5 Å². The summed E-state index contributed by atoms with van der Waals surface area (Å²) < 4.78 is 5.73. The van der Waals surface area contributed by atoms with E-state index in [4.69, 9.17) is 4.42 Å².